The molecule has 30 heavy (non-hydrogen) atoms. The van der Waals surface area contributed by atoms with E-state index in [9.17, 15) is 4.79 Å². The van der Waals surface area contributed by atoms with Crippen molar-refractivity contribution < 1.29 is 9.21 Å². The molecule has 0 aliphatic carbocycles. The summed E-state index contributed by atoms with van der Waals surface area (Å²) in [6.07, 6.45) is 1.74. The van der Waals surface area contributed by atoms with Crippen LogP contribution in [-0.4, -0.2) is 22.0 Å². The van der Waals surface area contributed by atoms with Crippen LogP contribution in [-0.2, 0) is 4.79 Å². The molecule has 0 radical (unpaired) electrons. The van der Waals surface area contributed by atoms with Gasteiger partial charge in [0.2, 0.25) is 0 Å². The molecule has 0 bridgehead atoms. The largest absolute Gasteiger partial charge is 0.457 e. The quantitative estimate of drug-likeness (QED) is 0.387. The van der Waals surface area contributed by atoms with Crippen molar-refractivity contribution in [3.05, 3.63) is 81.4 Å². The predicted molar refractivity (Wildman–Crippen MR) is 125 cm³/mol. The molecule has 1 aliphatic heterocycles. The van der Waals surface area contributed by atoms with Crippen molar-refractivity contribution in [1.29, 1.82) is 0 Å². The van der Waals surface area contributed by atoms with Crippen molar-refractivity contribution in [3.63, 3.8) is 0 Å². The second-order valence-corrected chi connectivity index (χ2v) is 8.79. The Morgan fingerprint density at radius 1 is 1.07 bits per heavy atom. The summed E-state index contributed by atoms with van der Waals surface area (Å²) >= 11 is 13.6. The fourth-order valence-electron chi connectivity index (χ4n) is 3.03. The van der Waals surface area contributed by atoms with Gasteiger partial charge in [-0.1, -0.05) is 41.4 Å². The van der Waals surface area contributed by atoms with Crippen LogP contribution in [0.25, 0.3) is 17.4 Å². The molecule has 152 valence electrons. The highest BCUT2D eigenvalue weighted by Crippen LogP contribution is 2.37. The van der Waals surface area contributed by atoms with E-state index in [1.807, 2.05) is 56.3 Å². The molecule has 1 fully saturated rings. The Morgan fingerprint density at radius 3 is 2.53 bits per heavy atom. The predicted octanol–water partition coefficient (Wildman–Crippen LogP) is 7.27. The summed E-state index contributed by atoms with van der Waals surface area (Å²) in [5.41, 5.74) is 1.55. The molecule has 3 aromatic rings. The first-order valence-corrected chi connectivity index (χ1v) is 10.9. The molecule has 1 aliphatic rings. The Hall–Kier alpha value is -2.47. The Morgan fingerprint density at radius 2 is 1.83 bits per heavy atom. The first kappa shape index (κ1) is 20.8. The lowest BCUT2D eigenvalue weighted by Gasteiger charge is -2.19. The number of rotatable bonds is 4. The van der Waals surface area contributed by atoms with Gasteiger partial charge in [0, 0.05) is 22.7 Å². The van der Waals surface area contributed by atoms with E-state index in [0.29, 0.717) is 31.6 Å². The number of nitrogens with zero attached hydrogens (tertiary/aromatic N) is 2. The first-order chi connectivity index (χ1) is 14.4. The zero-order chi connectivity index (χ0) is 21.3. The first-order valence-electron chi connectivity index (χ1n) is 9.34. The van der Waals surface area contributed by atoms with Gasteiger partial charge in [-0.05, 0) is 68.1 Å². The highest BCUT2D eigenvalue weighted by atomic mass is 35.5. The molecule has 0 atom stereocenters. The van der Waals surface area contributed by atoms with E-state index in [0.717, 1.165) is 11.3 Å². The summed E-state index contributed by atoms with van der Waals surface area (Å²) in [5, 5.41) is 1.72. The van der Waals surface area contributed by atoms with Gasteiger partial charge in [-0.25, -0.2) is 4.99 Å². The summed E-state index contributed by atoms with van der Waals surface area (Å²) in [6.45, 7) is 3.94. The number of hydrogen-bond acceptors (Lipinski definition) is 4. The molecular formula is C23H18Cl2N2O2S. The Bertz CT molecular complexity index is 1150. The minimum Gasteiger partial charge on any atom is -0.457 e. The number of thioether (sulfide) groups is 1. The van der Waals surface area contributed by atoms with E-state index >= 15 is 0 Å². The lowest BCUT2D eigenvalue weighted by molar-refractivity contribution is -0.123. The molecule has 1 saturated heterocycles. The normalized spacial score (nSPS) is 17.0. The maximum absolute atomic E-state index is 13.0. The minimum atomic E-state index is -0.0906. The maximum atomic E-state index is 13.0. The summed E-state index contributed by atoms with van der Waals surface area (Å²) in [5.74, 6) is 1.08. The van der Waals surface area contributed by atoms with Gasteiger partial charge in [-0.3, -0.25) is 9.69 Å². The van der Waals surface area contributed by atoms with Crippen molar-refractivity contribution in [2.24, 2.45) is 4.99 Å². The lowest BCUT2D eigenvalue weighted by atomic mass is 10.2. The van der Waals surface area contributed by atoms with Crippen molar-refractivity contribution >= 4 is 57.8 Å². The van der Waals surface area contributed by atoms with Crippen molar-refractivity contribution in [2.75, 3.05) is 0 Å². The summed E-state index contributed by atoms with van der Waals surface area (Å²) in [6, 6.07) is 18.4. The van der Waals surface area contributed by atoms with E-state index in [2.05, 4.69) is 4.99 Å². The van der Waals surface area contributed by atoms with E-state index < -0.39 is 0 Å². The van der Waals surface area contributed by atoms with Gasteiger partial charge in [0.15, 0.2) is 5.17 Å². The Balaban J connectivity index is 1.65. The standard InChI is InChI=1S/C23H18Cl2N2O2S/c1-14(2)27-22(28)21(30-23(27)26-16-6-4-3-5-7-16)13-17-9-11-20(29-17)18-10-8-15(24)12-19(18)25/h3-14H,1-2H3/b21-13+,26-23?. The summed E-state index contributed by atoms with van der Waals surface area (Å²) in [4.78, 5) is 19.9. The zero-order valence-electron chi connectivity index (χ0n) is 16.3. The molecule has 1 aromatic heterocycles. The molecule has 4 rings (SSSR count). The monoisotopic (exact) mass is 456 g/mol. The number of halogens is 2. The van der Waals surface area contributed by atoms with Crippen LogP contribution >= 0.6 is 35.0 Å². The number of furan rings is 1. The fourth-order valence-corrected chi connectivity index (χ4v) is 4.63. The van der Waals surface area contributed by atoms with Gasteiger partial charge in [0.25, 0.3) is 5.91 Å². The number of amides is 1. The molecule has 0 unspecified atom stereocenters. The van der Waals surface area contributed by atoms with Gasteiger partial charge >= 0.3 is 0 Å². The molecule has 4 nitrogen and oxygen atoms in total. The number of aliphatic imine (C=N–C) groups is 1. The zero-order valence-corrected chi connectivity index (χ0v) is 18.6. The van der Waals surface area contributed by atoms with Gasteiger partial charge in [-0.2, -0.15) is 0 Å². The number of carbonyl (C=O) groups excluding carboxylic acids is 1. The highest BCUT2D eigenvalue weighted by molar-refractivity contribution is 8.18. The van der Waals surface area contributed by atoms with Crippen LogP contribution in [0.3, 0.4) is 0 Å². The van der Waals surface area contributed by atoms with Crippen LogP contribution in [0.2, 0.25) is 10.0 Å². The maximum Gasteiger partial charge on any atom is 0.267 e. The molecule has 0 saturated carbocycles. The lowest BCUT2D eigenvalue weighted by Crippen LogP contribution is -2.35. The number of para-hydroxylation sites is 1. The molecule has 2 aromatic carbocycles. The average molecular weight is 457 g/mol. The smallest absolute Gasteiger partial charge is 0.267 e. The Kier molecular flexibility index (Phi) is 6.04. The third-order valence-electron chi connectivity index (χ3n) is 4.43. The van der Waals surface area contributed by atoms with Crippen LogP contribution in [0.1, 0.15) is 19.6 Å². The van der Waals surface area contributed by atoms with E-state index in [1.54, 1.807) is 29.2 Å². The summed E-state index contributed by atoms with van der Waals surface area (Å²) in [7, 11) is 0. The van der Waals surface area contributed by atoms with Crippen LogP contribution in [0.5, 0.6) is 0 Å². The van der Waals surface area contributed by atoms with Crippen LogP contribution in [0.4, 0.5) is 5.69 Å². The molecule has 2 heterocycles. The minimum absolute atomic E-state index is 0.0154. The molecule has 0 N–H and O–H groups in total. The van der Waals surface area contributed by atoms with Gasteiger partial charge < -0.3 is 4.42 Å². The molecule has 7 heteroatoms. The van der Waals surface area contributed by atoms with E-state index in [1.165, 1.54) is 11.8 Å². The van der Waals surface area contributed by atoms with Crippen molar-refractivity contribution in [1.82, 2.24) is 4.90 Å². The number of benzene rings is 2. The van der Waals surface area contributed by atoms with Crippen LogP contribution < -0.4 is 0 Å². The van der Waals surface area contributed by atoms with Gasteiger partial charge in [0.05, 0.1) is 15.6 Å². The topological polar surface area (TPSA) is 45.8 Å². The van der Waals surface area contributed by atoms with Crippen LogP contribution in [0, 0.1) is 0 Å². The third-order valence-corrected chi connectivity index (χ3v) is 5.96. The molecule has 1 amide bonds. The number of amidine groups is 1. The molecule has 0 spiro atoms. The SMILES string of the molecule is CC(C)N1C(=O)/C(=C\c2ccc(-c3ccc(Cl)cc3Cl)o2)SC1=Nc1ccccc1. The van der Waals surface area contributed by atoms with E-state index in [-0.39, 0.29) is 11.9 Å². The van der Waals surface area contributed by atoms with E-state index in [4.69, 9.17) is 27.6 Å². The summed E-state index contributed by atoms with van der Waals surface area (Å²) < 4.78 is 5.92. The van der Waals surface area contributed by atoms with Gasteiger partial charge in [0.1, 0.15) is 11.5 Å². The Labute approximate surface area is 189 Å². The highest BCUT2D eigenvalue weighted by Gasteiger charge is 2.35. The average Bonchev–Trinajstić information content (AvgIpc) is 3.27. The van der Waals surface area contributed by atoms with Gasteiger partial charge in [-0.15, -0.1) is 0 Å². The number of hydrogen-bond donors (Lipinski definition) is 0. The second kappa shape index (κ2) is 8.72. The van der Waals surface area contributed by atoms with Crippen molar-refractivity contribution in [3.8, 4) is 11.3 Å². The second-order valence-electron chi connectivity index (χ2n) is 6.94. The number of carbonyl (C=O) groups is 1. The van der Waals surface area contributed by atoms with Crippen LogP contribution in [0.15, 0.2) is 75.0 Å². The van der Waals surface area contributed by atoms with Crippen molar-refractivity contribution in [2.45, 2.75) is 19.9 Å². The third kappa shape index (κ3) is 4.33. The fraction of sp³-hybridized carbons (Fsp3) is 0.130. The molecular weight excluding hydrogens is 439 g/mol.